The van der Waals surface area contributed by atoms with Crippen LogP contribution in [-0.4, -0.2) is 105 Å². The maximum absolute atomic E-state index is 12.9. The van der Waals surface area contributed by atoms with E-state index in [0.29, 0.717) is 19.1 Å². The largest absolute Gasteiger partial charge is 0.444 e. The molecule has 0 atom stereocenters. The molecule has 0 bridgehead atoms. The molecule has 0 radical (unpaired) electrons. The van der Waals surface area contributed by atoms with Crippen LogP contribution in [0.25, 0.3) is 0 Å². The first-order valence-corrected chi connectivity index (χ1v) is 11.3. The molecular formula is C22H42IN5O4. The van der Waals surface area contributed by atoms with Crippen LogP contribution < -0.4 is 5.32 Å². The van der Waals surface area contributed by atoms with Gasteiger partial charge >= 0.3 is 6.09 Å². The number of nitrogens with zero attached hydrogens (tertiary/aromatic N) is 4. The molecule has 1 aliphatic carbocycles. The quantitative estimate of drug-likeness (QED) is 0.210. The number of ether oxygens (including phenoxy) is 2. The molecule has 1 N–H and O–H groups in total. The first kappa shape index (κ1) is 28.7. The van der Waals surface area contributed by atoms with Crippen molar-refractivity contribution in [2.24, 2.45) is 10.9 Å². The number of aliphatic imine (C=N–C) groups is 1. The van der Waals surface area contributed by atoms with E-state index in [-0.39, 0.29) is 48.6 Å². The Kier molecular flexibility index (Phi) is 12.0. The van der Waals surface area contributed by atoms with Crippen LogP contribution in [0.1, 0.15) is 46.5 Å². The Morgan fingerprint density at radius 3 is 2.25 bits per heavy atom. The maximum Gasteiger partial charge on any atom is 0.410 e. The minimum Gasteiger partial charge on any atom is -0.444 e. The highest BCUT2D eigenvalue weighted by atomic mass is 127. The Balaban J connectivity index is 0.00000512. The van der Waals surface area contributed by atoms with Gasteiger partial charge in [0.15, 0.2) is 5.96 Å². The number of likely N-dealkylation sites (tertiary alicyclic amines) is 1. The third-order valence-electron chi connectivity index (χ3n) is 5.44. The number of likely N-dealkylation sites (N-methyl/N-ethyl adjacent to an activating group) is 1. The molecule has 2 amide bonds. The number of hydrogen-bond donors (Lipinski definition) is 1. The van der Waals surface area contributed by atoms with Crippen molar-refractivity contribution in [1.82, 2.24) is 20.0 Å². The maximum atomic E-state index is 12.9. The zero-order valence-corrected chi connectivity index (χ0v) is 22.9. The number of rotatable bonds is 8. The van der Waals surface area contributed by atoms with Crippen molar-refractivity contribution in [3.8, 4) is 0 Å². The van der Waals surface area contributed by atoms with Crippen molar-refractivity contribution in [1.29, 1.82) is 0 Å². The van der Waals surface area contributed by atoms with Gasteiger partial charge in [-0.3, -0.25) is 4.79 Å². The fraction of sp³-hybridized carbons (Fsp3) is 0.864. The fourth-order valence-electron chi connectivity index (χ4n) is 3.48. The lowest BCUT2D eigenvalue weighted by atomic mass is 10.0. The van der Waals surface area contributed by atoms with Crippen molar-refractivity contribution >= 4 is 41.9 Å². The van der Waals surface area contributed by atoms with Crippen LogP contribution in [0.5, 0.6) is 0 Å². The molecular weight excluding hydrogens is 525 g/mol. The van der Waals surface area contributed by atoms with Gasteiger partial charge in [0.1, 0.15) is 12.1 Å². The van der Waals surface area contributed by atoms with Crippen molar-refractivity contribution < 1.29 is 19.1 Å². The second-order valence-electron chi connectivity index (χ2n) is 9.64. The Hall–Kier alpha value is -1.30. The zero-order chi connectivity index (χ0) is 23.0. The van der Waals surface area contributed by atoms with Crippen molar-refractivity contribution in [2.75, 3.05) is 60.5 Å². The topological polar surface area (TPSA) is 86.7 Å². The second-order valence-corrected chi connectivity index (χ2v) is 9.64. The zero-order valence-electron chi connectivity index (χ0n) is 20.6. The van der Waals surface area contributed by atoms with Gasteiger partial charge in [-0.15, -0.1) is 24.0 Å². The van der Waals surface area contributed by atoms with Gasteiger partial charge in [-0.05, 0) is 52.4 Å². The van der Waals surface area contributed by atoms with Gasteiger partial charge in [0, 0.05) is 53.4 Å². The summed E-state index contributed by atoms with van der Waals surface area (Å²) >= 11 is 0. The highest BCUT2D eigenvalue weighted by Crippen LogP contribution is 2.32. The van der Waals surface area contributed by atoms with Gasteiger partial charge in [0.25, 0.3) is 0 Å². The summed E-state index contributed by atoms with van der Waals surface area (Å²) in [5, 5.41) is 3.30. The van der Waals surface area contributed by atoms with Crippen LogP contribution in [0.2, 0.25) is 0 Å². The first-order valence-electron chi connectivity index (χ1n) is 11.3. The molecule has 9 nitrogen and oxygen atoms in total. The van der Waals surface area contributed by atoms with E-state index in [1.807, 2.05) is 25.7 Å². The molecule has 0 aromatic carbocycles. The van der Waals surface area contributed by atoms with Crippen molar-refractivity contribution in [2.45, 2.75) is 58.1 Å². The van der Waals surface area contributed by atoms with Crippen molar-refractivity contribution in [3.05, 3.63) is 0 Å². The van der Waals surface area contributed by atoms with Gasteiger partial charge < -0.3 is 29.5 Å². The Morgan fingerprint density at radius 1 is 1.12 bits per heavy atom. The second kappa shape index (κ2) is 13.4. The summed E-state index contributed by atoms with van der Waals surface area (Å²) in [4.78, 5) is 35.0. The van der Waals surface area contributed by atoms with Gasteiger partial charge in [0.2, 0.25) is 5.91 Å². The number of carbonyl (C=O) groups is 2. The molecule has 1 saturated heterocycles. The molecule has 10 heteroatoms. The van der Waals surface area contributed by atoms with E-state index >= 15 is 0 Å². The number of halogens is 1. The third-order valence-corrected chi connectivity index (χ3v) is 5.44. The summed E-state index contributed by atoms with van der Waals surface area (Å²) in [5.41, 5.74) is -0.496. The molecule has 0 spiro atoms. The summed E-state index contributed by atoms with van der Waals surface area (Å²) in [6.45, 7) is 9.33. The number of hydrogen-bond acceptors (Lipinski definition) is 5. The van der Waals surface area contributed by atoms with E-state index in [1.54, 1.807) is 26.1 Å². The average Bonchev–Trinajstić information content (AvgIpc) is 3.51. The minimum absolute atomic E-state index is 0. The van der Waals surface area contributed by atoms with Gasteiger partial charge in [0.05, 0.1) is 6.61 Å². The molecule has 186 valence electrons. The van der Waals surface area contributed by atoms with Crippen LogP contribution in [0.3, 0.4) is 0 Å². The standard InChI is InChI=1S/C22H41N5O4.HI/c1-22(2,3)31-21(29)27(16-17-7-8-17)18-9-12-26(13-10-18)20(23-11-14-30-6)24-15-19(28)25(4)5;/h17-18H,7-16H2,1-6H3,(H,23,24);1H. The summed E-state index contributed by atoms with van der Waals surface area (Å²) < 4.78 is 10.8. The van der Waals surface area contributed by atoms with Crippen LogP contribution in [0, 0.1) is 5.92 Å². The highest BCUT2D eigenvalue weighted by molar-refractivity contribution is 14.0. The lowest BCUT2D eigenvalue weighted by molar-refractivity contribution is -0.127. The van der Waals surface area contributed by atoms with Gasteiger partial charge in [-0.25, -0.2) is 9.79 Å². The molecule has 0 unspecified atom stereocenters. The Morgan fingerprint density at radius 2 is 1.75 bits per heavy atom. The lowest BCUT2D eigenvalue weighted by Crippen LogP contribution is -2.53. The molecule has 1 heterocycles. The predicted molar refractivity (Wildman–Crippen MR) is 137 cm³/mol. The average molecular weight is 568 g/mol. The number of amides is 2. The number of carbonyl (C=O) groups excluding carboxylic acids is 2. The normalized spacial score (nSPS) is 17.4. The van der Waals surface area contributed by atoms with Crippen LogP contribution in [0.15, 0.2) is 4.99 Å². The van der Waals surface area contributed by atoms with E-state index in [2.05, 4.69) is 15.2 Å². The van der Waals surface area contributed by atoms with E-state index in [4.69, 9.17) is 9.47 Å². The van der Waals surface area contributed by atoms with E-state index in [0.717, 1.165) is 38.4 Å². The Labute approximate surface area is 210 Å². The highest BCUT2D eigenvalue weighted by Gasteiger charge is 2.35. The minimum atomic E-state index is -0.496. The number of nitrogens with one attached hydrogen (secondary N) is 1. The summed E-state index contributed by atoms with van der Waals surface area (Å²) in [6, 6.07) is 0.162. The van der Waals surface area contributed by atoms with Crippen molar-refractivity contribution in [3.63, 3.8) is 0 Å². The third kappa shape index (κ3) is 10.1. The van der Waals surface area contributed by atoms with Gasteiger partial charge in [-0.1, -0.05) is 0 Å². The fourth-order valence-corrected chi connectivity index (χ4v) is 3.48. The van der Waals surface area contributed by atoms with Gasteiger partial charge in [-0.2, -0.15) is 0 Å². The molecule has 0 aromatic rings. The van der Waals surface area contributed by atoms with Crippen LogP contribution >= 0.6 is 24.0 Å². The first-order chi connectivity index (χ1) is 14.6. The number of piperidine rings is 1. The Bertz CT molecular complexity index is 626. The summed E-state index contributed by atoms with van der Waals surface area (Å²) in [7, 11) is 5.11. The predicted octanol–water partition coefficient (Wildman–Crippen LogP) is 2.40. The monoisotopic (exact) mass is 567 g/mol. The SMILES string of the molecule is COCCNC(=NCC(=O)N(C)C)N1CCC(N(CC2CC2)C(=O)OC(C)(C)C)CC1.I. The van der Waals surface area contributed by atoms with E-state index in [1.165, 1.54) is 12.8 Å². The molecule has 2 rings (SSSR count). The lowest BCUT2D eigenvalue weighted by Gasteiger charge is -2.40. The number of guanidine groups is 1. The summed E-state index contributed by atoms with van der Waals surface area (Å²) in [5.74, 6) is 1.29. The molecule has 2 fully saturated rings. The summed E-state index contributed by atoms with van der Waals surface area (Å²) in [6.07, 6.45) is 3.87. The molecule has 1 aliphatic heterocycles. The van der Waals surface area contributed by atoms with E-state index in [9.17, 15) is 9.59 Å². The van der Waals surface area contributed by atoms with E-state index < -0.39 is 5.60 Å². The van der Waals surface area contributed by atoms with Crippen LogP contribution in [0.4, 0.5) is 4.79 Å². The van der Waals surface area contributed by atoms with Crippen LogP contribution in [-0.2, 0) is 14.3 Å². The molecule has 2 aliphatic rings. The molecule has 32 heavy (non-hydrogen) atoms. The number of methoxy groups -OCH3 is 1. The smallest absolute Gasteiger partial charge is 0.410 e. The molecule has 1 saturated carbocycles. The molecule has 0 aromatic heterocycles.